The average molecular weight is 186 g/mol. The van der Waals surface area contributed by atoms with Crippen molar-refractivity contribution in [3.05, 3.63) is 52.7 Å². The minimum absolute atomic E-state index is 0.862. The van der Waals surface area contributed by atoms with E-state index in [1.165, 1.54) is 11.1 Å². The molecular formula is C13H14O. The summed E-state index contributed by atoms with van der Waals surface area (Å²) in [4.78, 5) is 0. The zero-order valence-corrected chi connectivity index (χ0v) is 8.63. The number of rotatable bonds is 1. The smallest absolute Gasteiger partial charge is 0.143 e. The standard InChI is InChI=1S/C13H14O/c1-3-11-9-10(2)14-13-8-6-4-5-7-12(11)13/h4,6-8H,3,5H2,1-2H3. The number of ether oxygens (including phenoxy) is 1. The van der Waals surface area contributed by atoms with Crippen LogP contribution < -0.4 is 0 Å². The fourth-order valence-corrected chi connectivity index (χ4v) is 1.72. The molecule has 0 spiro atoms. The van der Waals surface area contributed by atoms with Gasteiger partial charge in [-0.3, -0.25) is 0 Å². The molecule has 0 amide bonds. The number of hydrogen-bond acceptors (Lipinski definition) is 1. The fourth-order valence-electron chi connectivity index (χ4n) is 1.72. The highest BCUT2D eigenvalue weighted by molar-refractivity contribution is 5.48. The van der Waals surface area contributed by atoms with Gasteiger partial charge in [0.1, 0.15) is 11.5 Å². The molecule has 72 valence electrons. The second kappa shape index (κ2) is 3.73. The van der Waals surface area contributed by atoms with E-state index in [9.17, 15) is 0 Å². The van der Waals surface area contributed by atoms with E-state index in [1.807, 2.05) is 19.1 Å². The van der Waals surface area contributed by atoms with Crippen LogP contribution in [0.3, 0.4) is 0 Å². The van der Waals surface area contributed by atoms with Crippen LogP contribution in [0.1, 0.15) is 26.7 Å². The first-order valence-corrected chi connectivity index (χ1v) is 5.03. The van der Waals surface area contributed by atoms with Gasteiger partial charge in [0.2, 0.25) is 0 Å². The van der Waals surface area contributed by atoms with E-state index < -0.39 is 0 Å². The molecule has 0 saturated carbocycles. The average Bonchev–Trinajstić information content (AvgIpc) is 2.41. The maximum atomic E-state index is 5.63. The molecule has 0 fully saturated rings. The quantitative estimate of drug-likeness (QED) is 0.568. The minimum atomic E-state index is 0.862. The molecule has 1 heteroatoms. The molecule has 0 aromatic heterocycles. The monoisotopic (exact) mass is 186 g/mol. The lowest BCUT2D eigenvalue weighted by molar-refractivity contribution is 0.313. The summed E-state index contributed by atoms with van der Waals surface area (Å²) in [5, 5.41) is 0. The molecule has 0 radical (unpaired) electrons. The summed E-state index contributed by atoms with van der Waals surface area (Å²) in [5.74, 6) is 1.83. The molecule has 2 rings (SSSR count). The number of fused-ring (bicyclic) bond motifs is 1. The Morgan fingerprint density at radius 2 is 2.36 bits per heavy atom. The Bertz CT molecular complexity index is 399. The highest BCUT2D eigenvalue weighted by atomic mass is 16.5. The Balaban J connectivity index is 2.51. The maximum absolute atomic E-state index is 5.63. The van der Waals surface area contributed by atoms with Gasteiger partial charge in [0.05, 0.1) is 0 Å². The van der Waals surface area contributed by atoms with Gasteiger partial charge in [-0.25, -0.2) is 0 Å². The van der Waals surface area contributed by atoms with Gasteiger partial charge >= 0.3 is 0 Å². The molecular weight excluding hydrogens is 172 g/mol. The van der Waals surface area contributed by atoms with Crippen molar-refractivity contribution in [2.45, 2.75) is 26.7 Å². The molecule has 0 aromatic carbocycles. The van der Waals surface area contributed by atoms with Crippen molar-refractivity contribution < 1.29 is 4.74 Å². The third kappa shape index (κ3) is 1.59. The Hall–Kier alpha value is -1.46. The van der Waals surface area contributed by atoms with Gasteiger partial charge in [-0.15, -0.1) is 0 Å². The molecule has 0 unspecified atom stereocenters. The van der Waals surface area contributed by atoms with Crippen molar-refractivity contribution in [3.63, 3.8) is 0 Å². The topological polar surface area (TPSA) is 9.23 Å². The lowest BCUT2D eigenvalue weighted by Crippen LogP contribution is -2.02. The second-order valence-electron chi connectivity index (χ2n) is 3.43. The van der Waals surface area contributed by atoms with E-state index in [2.05, 4.69) is 24.8 Å². The van der Waals surface area contributed by atoms with Gasteiger partial charge in [0.15, 0.2) is 0 Å². The van der Waals surface area contributed by atoms with Crippen LogP contribution in [-0.2, 0) is 4.74 Å². The molecule has 0 aromatic rings. The van der Waals surface area contributed by atoms with Crippen molar-refractivity contribution >= 4 is 0 Å². The van der Waals surface area contributed by atoms with Gasteiger partial charge in [0, 0.05) is 18.1 Å². The van der Waals surface area contributed by atoms with Gasteiger partial charge < -0.3 is 4.74 Å². The molecule has 1 heterocycles. The molecule has 1 nitrogen and oxygen atoms in total. The predicted octanol–water partition coefficient (Wildman–Crippen LogP) is 3.63. The van der Waals surface area contributed by atoms with Gasteiger partial charge in [-0.2, -0.15) is 0 Å². The SMILES string of the molecule is CCC1=C=C(C)OC2=CC=CCC=C12. The molecule has 0 atom stereocenters. The van der Waals surface area contributed by atoms with E-state index in [0.717, 1.165) is 24.4 Å². The van der Waals surface area contributed by atoms with Gasteiger partial charge in [0.25, 0.3) is 0 Å². The summed E-state index contributed by atoms with van der Waals surface area (Å²) in [7, 11) is 0. The predicted molar refractivity (Wildman–Crippen MR) is 57.5 cm³/mol. The Morgan fingerprint density at radius 1 is 1.50 bits per heavy atom. The van der Waals surface area contributed by atoms with Crippen molar-refractivity contribution in [1.82, 2.24) is 0 Å². The van der Waals surface area contributed by atoms with E-state index in [1.54, 1.807) is 0 Å². The maximum Gasteiger partial charge on any atom is 0.143 e. The van der Waals surface area contributed by atoms with Crippen LogP contribution in [0, 0.1) is 0 Å². The van der Waals surface area contributed by atoms with Crippen LogP contribution in [0.2, 0.25) is 0 Å². The summed E-state index contributed by atoms with van der Waals surface area (Å²) in [6.45, 7) is 4.10. The lowest BCUT2D eigenvalue weighted by atomic mass is 10.00. The minimum Gasteiger partial charge on any atom is -0.453 e. The summed E-state index contributed by atoms with van der Waals surface area (Å²) >= 11 is 0. The second-order valence-corrected chi connectivity index (χ2v) is 3.43. The van der Waals surface area contributed by atoms with Gasteiger partial charge in [-0.05, 0) is 18.9 Å². The molecule has 1 aliphatic heterocycles. The molecule has 2 aliphatic rings. The number of hydrogen-bond donors (Lipinski definition) is 0. The Morgan fingerprint density at radius 3 is 3.14 bits per heavy atom. The Kier molecular flexibility index (Phi) is 2.43. The van der Waals surface area contributed by atoms with Crippen LogP contribution in [0.25, 0.3) is 0 Å². The van der Waals surface area contributed by atoms with E-state index in [0.29, 0.717) is 0 Å². The van der Waals surface area contributed by atoms with Crippen LogP contribution in [0.15, 0.2) is 52.7 Å². The summed E-state index contributed by atoms with van der Waals surface area (Å²) in [5.41, 5.74) is 5.73. The van der Waals surface area contributed by atoms with E-state index >= 15 is 0 Å². The highest BCUT2D eigenvalue weighted by Gasteiger charge is 2.16. The fraction of sp³-hybridized carbons (Fsp3) is 0.308. The first kappa shape index (κ1) is 9.11. The van der Waals surface area contributed by atoms with Crippen LogP contribution >= 0.6 is 0 Å². The number of allylic oxidation sites excluding steroid dienone is 5. The molecule has 14 heavy (non-hydrogen) atoms. The third-order valence-electron chi connectivity index (χ3n) is 2.38. The third-order valence-corrected chi connectivity index (χ3v) is 2.38. The van der Waals surface area contributed by atoms with Crippen LogP contribution in [-0.4, -0.2) is 0 Å². The van der Waals surface area contributed by atoms with Crippen molar-refractivity contribution in [2.75, 3.05) is 0 Å². The first-order chi connectivity index (χ1) is 6.81. The molecule has 0 saturated heterocycles. The van der Waals surface area contributed by atoms with Crippen molar-refractivity contribution in [3.8, 4) is 0 Å². The van der Waals surface area contributed by atoms with E-state index in [4.69, 9.17) is 4.74 Å². The summed E-state index contributed by atoms with van der Waals surface area (Å²) in [6, 6.07) is 0. The zero-order valence-electron chi connectivity index (χ0n) is 8.63. The zero-order chi connectivity index (χ0) is 9.97. The Labute approximate surface area is 84.8 Å². The van der Waals surface area contributed by atoms with Crippen molar-refractivity contribution in [2.24, 2.45) is 0 Å². The van der Waals surface area contributed by atoms with Crippen LogP contribution in [0.4, 0.5) is 0 Å². The normalized spacial score (nSPS) is 19.6. The van der Waals surface area contributed by atoms with E-state index in [-0.39, 0.29) is 0 Å². The molecule has 0 N–H and O–H groups in total. The van der Waals surface area contributed by atoms with Crippen molar-refractivity contribution in [1.29, 1.82) is 0 Å². The largest absolute Gasteiger partial charge is 0.453 e. The van der Waals surface area contributed by atoms with Crippen LogP contribution in [0.5, 0.6) is 0 Å². The lowest BCUT2D eigenvalue weighted by Gasteiger charge is -2.17. The van der Waals surface area contributed by atoms with Gasteiger partial charge in [-0.1, -0.05) is 30.9 Å². The highest BCUT2D eigenvalue weighted by Crippen LogP contribution is 2.30. The molecule has 0 bridgehead atoms. The summed E-state index contributed by atoms with van der Waals surface area (Å²) in [6.07, 6.45) is 10.4. The summed E-state index contributed by atoms with van der Waals surface area (Å²) < 4.78 is 5.63. The first-order valence-electron chi connectivity index (χ1n) is 5.03. The molecule has 1 aliphatic carbocycles.